The number of phenolic OH excluding ortho intramolecular Hbond substituents is 1. The van der Waals surface area contributed by atoms with E-state index in [1.807, 2.05) is 12.1 Å². The van der Waals surface area contributed by atoms with Crippen LogP contribution in [0.25, 0.3) is 10.9 Å². The normalized spacial score (nSPS) is 14.1. The molecule has 7 nitrogen and oxygen atoms in total. The summed E-state index contributed by atoms with van der Waals surface area (Å²) in [4.78, 5) is 22.2. The number of nitrogens with one attached hydrogen (secondary N) is 1. The molecule has 0 aliphatic carbocycles. The molecule has 0 bridgehead atoms. The van der Waals surface area contributed by atoms with E-state index in [9.17, 15) is 9.90 Å². The molecule has 0 amide bonds. The number of ether oxygens (including phenoxy) is 2. The Balaban J connectivity index is 1.64. The molecule has 140 valence electrons. The van der Waals surface area contributed by atoms with Crippen molar-refractivity contribution >= 4 is 10.9 Å². The first kappa shape index (κ1) is 17.4. The number of hydrogen-bond acceptors (Lipinski definition) is 6. The summed E-state index contributed by atoms with van der Waals surface area (Å²) in [6, 6.07) is 8.96. The number of methoxy groups -OCH3 is 2. The Hall–Kier alpha value is -3.06. The fourth-order valence-electron chi connectivity index (χ4n) is 3.58. The summed E-state index contributed by atoms with van der Waals surface area (Å²) in [5.74, 6) is 1.99. The predicted octanol–water partition coefficient (Wildman–Crippen LogP) is 2.20. The smallest absolute Gasteiger partial charge is 0.258 e. The van der Waals surface area contributed by atoms with Gasteiger partial charge in [-0.3, -0.25) is 9.69 Å². The molecular weight excluding hydrogens is 346 g/mol. The van der Waals surface area contributed by atoms with Gasteiger partial charge in [0, 0.05) is 19.2 Å². The lowest BCUT2D eigenvalue weighted by Gasteiger charge is -2.28. The average molecular weight is 367 g/mol. The van der Waals surface area contributed by atoms with Gasteiger partial charge in [0.05, 0.1) is 31.7 Å². The molecule has 0 spiro atoms. The summed E-state index contributed by atoms with van der Waals surface area (Å²) in [6.45, 7) is 2.02. The first-order valence-corrected chi connectivity index (χ1v) is 8.76. The molecule has 1 aliphatic heterocycles. The molecule has 0 saturated heterocycles. The molecule has 2 heterocycles. The number of hydrogen-bond donors (Lipinski definition) is 2. The summed E-state index contributed by atoms with van der Waals surface area (Å²) in [7, 11) is 3.09. The number of nitrogens with zero attached hydrogens (tertiary/aromatic N) is 2. The second kappa shape index (κ2) is 6.92. The summed E-state index contributed by atoms with van der Waals surface area (Å²) in [5, 5.41) is 10.4. The number of aromatic hydroxyl groups is 1. The largest absolute Gasteiger partial charge is 0.508 e. The molecule has 1 aliphatic rings. The summed E-state index contributed by atoms with van der Waals surface area (Å²) in [5.41, 5.74) is 2.48. The van der Waals surface area contributed by atoms with Crippen molar-refractivity contribution in [1.82, 2.24) is 14.9 Å². The highest BCUT2D eigenvalue weighted by atomic mass is 16.5. The van der Waals surface area contributed by atoms with Gasteiger partial charge in [-0.1, -0.05) is 12.1 Å². The Morgan fingerprint density at radius 3 is 2.78 bits per heavy atom. The molecular formula is C20H21N3O4. The van der Waals surface area contributed by atoms with Crippen LogP contribution in [0.4, 0.5) is 0 Å². The molecule has 0 unspecified atom stereocenters. The van der Waals surface area contributed by atoms with Crippen molar-refractivity contribution in [3.05, 3.63) is 57.6 Å². The third-order valence-corrected chi connectivity index (χ3v) is 4.95. The Kier molecular flexibility index (Phi) is 4.45. The number of H-pyrrole nitrogens is 1. The molecule has 3 aromatic rings. The molecule has 0 fully saturated rings. The number of phenols is 1. The number of rotatable bonds is 4. The number of fused-ring (bicyclic) bond motifs is 2. The summed E-state index contributed by atoms with van der Waals surface area (Å²) < 4.78 is 10.6. The lowest BCUT2D eigenvalue weighted by molar-refractivity contribution is 0.237. The van der Waals surface area contributed by atoms with E-state index in [4.69, 9.17) is 9.47 Å². The topological polar surface area (TPSA) is 87.7 Å². The van der Waals surface area contributed by atoms with Gasteiger partial charge in [0.2, 0.25) is 0 Å². The zero-order valence-corrected chi connectivity index (χ0v) is 15.3. The summed E-state index contributed by atoms with van der Waals surface area (Å²) in [6.07, 6.45) is 0.769. The highest BCUT2D eigenvalue weighted by Crippen LogP contribution is 2.30. The molecule has 0 radical (unpaired) electrons. The van der Waals surface area contributed by atoms with E-state index < -0.39 is 0 Å². The zero-order chi connectivity index (χ0) is 19.0. The first-order chi connectivity index (χ1) is 13.1. The molecule has 1 aromatic heterocycles. The second-order valence-electron chi connectivity index (χ2n) is 6.61. The van der Waals surface area contributed by atoms with Crippen LogP contribution in [0.3, 0.4) is 0 Å². The van der Waals surface area contributed by atoms with E-state index in [0.29, 0.717) is 47.1 Å². The van der Waals surface area contributed by atoms with E-state index in [-0.39, 0.29) is 5.56 Å². The minimum atomic E-state index is -0.203. The quantitative estimate of drug-likeness (QED) is 0.735. The van der Waals surface area contributed by atoms with Crippen LogP contribution < -0.4 is 15.0 Å². The maximum atomic E-state index is 12.5. The highest BCUT2D eigenvalue weighted by Gasteiger charge is 2.20. The van der Waals surface area contributed by atoms with Gasteiger partial charge in [-0.25, -0.2) is 4.98 Å². The van der Waals surface area contributed by atoms with Crippen molar-refractivity contribution in [2.45, 2.75) is 19.5 Å². The van der Waals surface area contributed by atoms with Crippen LogP contribution in [0.15, 0.2) is 35.1 Å². The fourth-order valence-corrected chi connectivity index (χ4v) is 3.58. The monoisotopic (exact) mass is 367 g/mol. The van der Waals surface area contributed by atoms with Gasteiger partial charge >= 0.3 is 0 Å². The Morgan fingerprint density at radius 2 is 2.00 bits per heavy atom. The maximum absolute atomic E-state index is 12.5. The second-order valence-corrected chi connectivity index (χ2v) is 6.61. The number of aromatic nitrogens is 2. The SMILES string of the molecule is COc1cc2nc(CN3CCc4c(O)cccc4C3)[nH]c(=O)c2cc1OC. The van der Waals surface area contributed by atoms with Crippen molar-refractivity contribution in [1.29, 1.82) is 0 Å². The van der Waals surface area contributed by atoms with Gasteiger partial charge in [0.15, 0.2) is 11.5 Å². The van der Waals surface area contributed by atoms with Crippen molar-refractivity contribution in [3.8, 4) is 17.2 Å². The third kappa shape index (κ3) is 3.21. The Labute approximate surface area is 156 Å². The van der Waals surface area contributed by atoms with Crippen molar-refractivity contribution in [3.63, 3.8) is 0 Å². The van der Waals surface area contributed by atoms with Crippen LogP contribution in [0.1, 0.15) is 17.0 Å². The lowest BCUT2D eigenvalue weighted by atomic mass is 9.99. The minimum absolute atomic E-state index is 0.203. The van der Waals surface area contributed by atoms with Gasteiger partial charge in [0.1, 0.15) is 11.6 Å². The molecule has 0 atom stereocenters. The van der Waals surface area contributed by atoms with Gasteiger partial charge in [-0.2, -0.15) is 0 Å². The van der Waals surface area contributed by atoms with E-state index in [1.54, 1.807) is 25.3 Å². The van der Waals surface area contributed by atoms with Crippen molar-refractivity contribution < 1.29 is 14.6 Å². The Bertz CT molecular complexity index is 1060. The third-order valence-electron chi connectivity index (χ3n) is 4.95. The van der Waals surface area contributed by atoms with E-state index in [0.717, 1.165) is 24.1 Å². The van der Waals surface area contributed by atoms with E-state index in [2.05, 4.69) is 14.9 Å². The van der Waals surface area contributed by atoms with Crippen LogP contribution >= 0.6 is 0 Å². The van der Waals surface area contributed by atoms with Crippen LogP contribution in [0, 0.1) is 0 Å². The molecule has 0 saturated carbocycles. The minimum Gasteiger partial charge on any atom is -0.508 e. The molecule has 27 heavy (non-hydrogen) atoms. The summed E-state index contributed by atoms with van der Waals surface area (Å²) >= 11 is 0. The number of aromatic amines is 1. The van der Waals surface area contributed by atoms with Gasteiger partial charge in [-0.15, -0.1) is 0 Å². The average Bonchev–Trinajstić information content (AvgIpc) is 2.67. The molecule has 2 N–H and O–H groups in total. The maximum Gasteiger partial charge on any atom is 0.258 e. The van der Waals surface area contributed by atoms with Crippen LogP contribution in [0.5, 0.6) is 17.2 Å². The van der Waals surface area contributed by atoms with Crippen molar-refractivity contribution in [2.24, 2.45) is 0 Å². The first-order valence-electron chi connectivity index (χ1n) is 8.76. The number of benzene rings is 2. The van der Waals surface area contributed by atoms with E-state index in [1.165, 1.54) is 7.11 Å². The molecule has 7 heteroatoms. The standard InChI is InChI=1S/C20H21N3O4/c1-26-17-8-14-15(9-18(17)27-2)21-19(22-20(14)25)11-23-7-6-13-12(10-23)4-3-5-16(13)24/h3-5,8-9,24H,6-7,10-11H2,1-2H3,(H,21,22,25). The zero-order valence-electron chi connectivity index (χ0n) is 15.3. The van der Waals surface area contributed by atoms with Gasteiger partial charge < -0.3 is 19.6 Å². The predicted molar refractivity (Wildman–Crippen MR) is 101 cm³/mol. The molecule has 2 aromatic carbocycles. The highest BCUT2D eigenvalue weighted by molar-refractivity contribution is 5.81. The van der Waals surface area contributed by atoms with Gasteiger partial charge in [-0.05, 0) is 29.7 Å². The molecule has 4 rings (SSSR count). The Morgan fingerprint density at radius 1 is 1.22 bits per heavy atom. The fraction of sp³-hybridized carbons (Fsp3) is 0.300. The van der Waals surface area contributed by atoms with E-state index >= 15 is 0 Å². The van der Waals surface area contributed by atoms with Crippen LogP contribution in [-0.2, 0) is 19.5 Å². The van der Waals surface area contributed by atoms with Crippen molar-refractivity contribution in [2.75, 3.05) is 20.8 Å². The van der Waals surface area contributed by atoms with Gasteiger partial charge in [0.25, 0.3) is 5.56 Å². The lowest BCUT2D eigenvalue weighted by Crippen LogP contribution is -2.31. The van der Waals surface area contributed by atoms with Crippen LogP contribution in [-0.4, -0.2) is 40.7 Å². The van der Waals surface area contributed by atoms with Crippen LogP contribution in [0.2, 0.25) is 0 Å².